The van der Waals surface area contributed by atoms with Crippen LogP contribution in [0.5, 0.6) is 0 Å². The van der Waals surface area contributed by atoms with Gasteiger partial charge in [-0.05, 0) is 49.4 Å². The van der Waals surface area contributed by atoms with Gasteiger partial charge in [0.15, 0.2) is 0 Å². The number of amides is 2. The molecule has 8 heteroatoms. The third-order valence-electron chi connectivity index (χ3n) is 4.15. The molecule has 0 aromatic heterocycles. The van der Waals surface area contributed by atoms with E-state index in [1.807, 2.05) is 0 Å². The number of nitrogens with one attached hydrogen (secondary N) is 2. The molecule has 0 atom stereocenters. The van der Waals surface area contributed by atoms with Crippen LogP contribution in [0, 0.1) is 17.0 Å². The summed E-state index contributed by atoms with van der Waals surface area (Å²) in [4.78, 5) is 35.2. The lowest BCUT2D eigenvalue weighted by Crippen LogP contribution is -2.14. The van der Waals surface area contributed by atoms with Crippen molar-refractivity contribution in [3.8, 4) is 0 Å². The number of nitro benzene ring substituents is 1. The van der Waals surface area contributed by atoms with Crippen molar-refractivity contribution in [1.82, 2.24) is 0 Å². The molecule has 0 heterocycles. The molecule has 3 rings (SSSR count). The fourth-order valence-corrected chi connectivity index (χ4v) is 2.94. The van der Waals surface area contributed by atoms with Gasteiger partial charge in [-0.15, -0.1) is 0 Å². The number of hydrogen-bond acceptors (Lipinski definition) is 4. The number of halogens is 1. The number of carbonyl (C=O) groups excluding carboxylic acids is 2. The minimum absolute atomic E-state index is 0.0502. The quantitative estimate of drug-likeness (QED) is 0.454. The van der Waals surface area contributed by atoms with E-state index < -0.39 is 10.8 Å². The zero-order chi connectivity index (χ0) is 21.0. The summed E-state index contributed by atoms with van der Waals surface area (Å²) < 4.78 is 0. The molecule has 146 valence electrons. The van der Waals surface area contributed by atoms with Crippen LogP contribution in [0.25, 0.3) is 0 Å². The molecule has 3 aromatic carbocycles. The molecule has 0 aliphatic carbocycles. The largest absolute Gasteiger partial charge is 0.322 e. The van der Waals surface area contributed by atoms with Crippen molar-refractivity contribution in [2.75, 3.05) is 10.6 Å². The lowest BCUT2D eigenvalue weighted by atomic mass is 10.1. The zero-order valence-electron chi connectivity index (χ0n) is 15.3. The summed E-state index contributed by atoms with van der Waals surface area (Å²) in [6.45, 7) is 1.57. The Morgan fingerprint density at radius 2 is 1.55 bits per heavy atom. The van der Waals surface area contributed by atoms with Crippen molar-refractivity contribution in [2.45, 2.75) is 6.92 Å². The highest BCUT2D eigenvalue weighted by molar-refractivity contribution is 6.34. The summed E-state index contributed by atoms with van der Waals surface area (Å²) in [7, 11) is 0. The van der Waals surface area contributed by atoms with Crippen LogP contribution in [0.2, 0.25) is 5.02 Å². The van der Waals surface area contributed by atoms with Crippen molar-refractivity contribution < 1.29 is 14.5 Å². The van der Waals surface area contributed by atoms with E-state index in [4.69, 9.17) is 11.6 Å². The molecule has 0 saturated heterocycles. The molecule has 3 aromatic rings. The average molecular weight is 410 g/mol. The molecule has 0 fully saturated rings. The van der Waals surface area contributed by atoms with Gasteiger partial charge in [-0.25, -0.2) is 0 Å². The van der Waals surface area contributed by atoms with E-state index in [9.17, 15) is 19.7 Å². The highest BCUT2D eigenvalue weighted by Crippen LogP contribution is 2.22. The van der Waals surface area contributed by atoms with Gasteiger partial charge in [0.2, 0.25) is 0 Å². The van der Waals surface area contributed by atoms with Crippen LogP contribution < -0.4 is 10.6 Å². The number of rotatable bonds is 5. The van der Waals surface area contributed by atoms with Crippen LogP contribution in [-0.4, -0.2) is 16.7 Å². The predicted octanol–water partition coefficient (Wildman–Crippen LogP) is 5.06. The number of carbonyl (C=O) groups is 2. The number of hydrogen-bond donors (Lipinski definition) is 2. The van der Waals surface area contributed by atoms with E-state index in [-0.39, 0.29) is 11.6 Å². The summed E-state index contributed by atoms with van der Waals surface area (Å²) in [6.07, 6.45) is 0. The van der Waals surface area contributed by atoms with Gasteiger partial charge in [-0.2, -0.15) is 0 Å². The topological polar surface area (TPSA) is 101 Å². The Balaban J connectivity index is 1.74. The van der Waals surface area contributed by atoms with E-state index in [0.717, 1.165) is 0 Å². The first-order valence-corrected chi connectivity index (χ1v) is 8.95. The Hall–Kier alpha value is -3.71. The number of benzene rings is 3. The molecular weight excluding hydrogens is 394 g/mol. The molecule has 2 amide bonds. The normalized spacial score (nSPS) is 10.3. The molecule has 0 spiro atoms. The molecule has 0 bridgehead atoms. The third kappa shape index (κ3) is 4.77. The number of nitro groups is 1. The first-order valence-electron chi connectivity index (χ1n) is 8.57. The lowest BCUT2D eigenvalue weighted by molar-refractivity contribution is -0.385. The van der Waals surface area contributed by atoms with Crippen LogP contribution in [0.4, 0.5) is 17.1 Å². The minimum atomic E-state index is -0.498. The van der Waals surface area contributed by atoms with E-state index >= 15 is 0 Å². The molecule has 0 aliphatic rings. The number of anilines is 2. The molecule has 0 unspecified atom stereocenters. The standard InChI is InChI=1S/C21H16ClN3O4/c1-13-11-14(9-10-19(13)25(28)29)20(26)23-15-5-4-6-16(12-15)24-21(27)17-7-2-3-8-18(17)22/h2-12H,1H3,(H,23,26)(H,24,27). The molecule has 29 heavy (non-hydrogen) atoms. The maximum absolute atomic E-state index is 12.5. The second-order valence-electron chi connectivity index (χ2n) is 6.23. The van der Waals surface area contributed by atoms with Gasteiger partial charge in [-0.3, -0.25) is 19.7 Å². The summed E-state index contributed by atoms with van der Waals surface area (Å²) in [5.74, 6) is -0.789. The molecule has 0 radical (unpaired) electrons. The fourth-order valence-electron chi connectivity index (χ4n) is 2.72. The first-order chi connectivity index (χ1) is 13.8. The fraction of sp³-hybridized carbons (Fsp3) is 0.0476. The Labute approximate surface area is 171 Å². The van der Waals surface area contributed by atoms with Crippen molar-refractivity contribution in [1.29, 1.82) is 0 Å². The highest BCUT2D eigenvalue weighted by atomic mass is 35.5. The molecule has 0 saturated carbocycles. The molecule has 7 nitrogen and oxygen atoms in total. The Morgan fingerprint density at radius 1 is 0.897 bits per heavy atom. The van der Waals surface area contributed by atoms with Gasteiger partial charge < -0.3 is 10.6 Å². The van der Waals surface area contributed by atoms with Crippen LogP contribution in [0.1, 0.15) is 26.3 Å². The Morgan fingerprint density at radius 3 is 2.17 bits per heavy atom. The van der Waals surface area contributed by atoms with E-state index in [1.165, 1.54) is 18.2 Å². The summed E-state index contributed by atoms with van der Waals surface area (Å²) in [5.41, 5.74) is 1.91. The zero-order valence-corrected chi connectivity index (χ0v) is 16.1. The summed E-state index contributed by atoms with van der Waals surface area (Å²) in [6, 6.07) is 17.5. The Bertz CT molecular complexity index is 1110. The monoisotopic (exact) mass is 409 g/mol. The maximum Gasteiger partial charge on any atom is 0.272 e. The maximum atomic E-state index is 12.5. The van der Waals surface area contributed by atoms with Crippen molar-refractivity contribution >= 4 is 40.5 Å². The van der Waals surface area contributed by atoms with E-state index in [2.05, 4.69) is 10.6 Å². The number of nitrogens with zero attached hydrogens (tertiary/aromatic N) is 1. The average Bonchev–Trinajstić information content (AvgIpc) is 2.68. The van der Waals surface area contributed by atoms with Crippen LogP contribution >= 0.6 is 11.6 Å². The van der Waals surface area contributed by atoms with Crippen LogP contribution in [-0.2, 0) is 0 Å². The van der Waals surface area contributed by atoms with E-state index in [0.29, 0.717) is 33.1 Å². The van der Waals surface area contributed by atoms with Gasteiger partial charge >= 0.3 is 0 Å². The SMILES string of the molecule is Cc1cc(C(=O)Nc2cccc(NC(=O)c3ccccc3Cl)c2)ccc1[N+](=O)[O-]. The Kier molecular flexibility index (Phi) is 5.90. The van der Waals surface area contributed by atoms with Crippen LogP contribution in [0.15, 0.2) is 66.7 Å². The number of aryl methyl sites for hydroxylation is 1. The summed E-state index contributed by atoms with van der Waals surface area (Å²) >= 11 is 6.04. The molecule has 2 N–H and O–H groups in total. The van der Waals surface area contributed by atoms with Gasteiger partial charge in [0.05, 0.1) is 15.5 Å². The van der Waals surface area contributed by atoms with Gasteiger partial charge in [0.1, 0.15) is 0 Å². The van der Waals surface area contributed by atoms with E-state index in [1.54, 1.807) is 55.5 Å². The highest BCUT2D eigenvalue weighted by Gasteiger charge is 2.14. The van der Waals surface area contributed by atoms with Gasteiger partial charge in [0.25, 0.3) is 17.5 Å². The lowest BCUT2D eigenvalue weighted by Gasteiger charge is -2.10. The van der Waals surface area contributed by atoms with Crippen molar-refractivity contribution in [2.24, 2.45) is 0 Å². The summed E-state index contributed by atoms with van der Waals surface area (Å²) in [5, 5.41) is 16.7. The van der Waals surface area contributed by atoms with Gasteiger partial charge in [0, 0.05) is 28.6 Å². The molecule has 0 aliphatic heterocycles. The molecular formula is C21H16ClN3O4. The smallest absolute Gasteiger partial charge is 0.272 e. The second kappa shape index (κ2) is 8.53. The van der Waals surface area contributed by atoms with Crippen LogP contribution in [0.3, 0.4) is 0 Å². The van der Waals surface area contributed by atoms with Gasteiger partial charge in [-0.1, -0.05) is 29.8 Å². The predicted molar refractivity (Wildman–Crippen MR) is 112 cm³/mol. The minimum Gasteiger partial charge on any atom is -0.322 e. The second-order valence-corrected chi connectivity index (χ2v) is 6.63. The third-order valence-corrected chi connectivity index (χ3v) is 4.48. The first kappa shape index (κ1) is 20.0. The van der Waals surface area contributed by atoms with Crippen molar-refractivity contribution in [3.63, 3.8) is 0 Å². The van der Waals surface area contributed by atoms with Crippen molar-refractivity contribution in [3.05, 3.63) is 98.6 Å².